The topological polar surface area (TPSA) is 101 Å². The van der Waals surface area contributed by atoms with Crippen LogP contribution in [0.5, 0.6) is 11.5 Å². The van der Waals surface area contributed by atoms with Crippen LogP contribution in [0.15, 0.2) is 30.6 Å². The van der Waals surface area contributed by atoms with E-state index in [0.29, 0.717) is 40.5 Å². The van der Waals surface area contributed by atoms with Gasteiger partial charge in [-0.05, 0) is 30.9 Å². The Labute approximate surface area is 184 Å². The molecule has 1 aromatic carbocycles. The van der Waals surface area contributed by atoms with Gasteiger partial charge in [0.15, 0.2) is 0 Å². The molecule has 0 aliphatic carbocycles. The van der Waals surface area contributed by atoms with Crippen molar-refractivity contribution >= 4 is 29.3 Å². The van der Waals surface area contributed by atoms with E-state index in [1.165, 1.54) is 0 Å². The number of carbonyl (C=O) groups is 1. The molecule has 2 aromatic heterocycles. The van der Waals surface area contributed by atoms with E-state index in [9.17, 15) is 4.79 Å². The quantitative estimate of drug-likeness (QED) is 0.598. The predicted octanol–water partition coefficient (Wildman–Crippen LogP) is 3.55. The van der Waals surface area contributed by atoms with Crippen molar-refractivity contribution in [1.29, 1.82) is 0 Å². The van der Waals surface area contributed by atoms with Crippen molar-refractivity contribution < 1.29 is 19.4 Å². The number of methoxy groups -OCH3 is 2. The third-order valence-corrected chi connectivity index (χ3v) is 5.84. The Kier molecular flexibility index (Phi) is 6.03. The van der Waals surface area contributed by atoms with Gasteiger partial charge in [0.2, 0.25) is 5.78 Å². The first-order valence-corrected chi connectivity index (χ1v) is 10.4. The summed E-state index contributed by atoms with van der Waals surface area (Å²) in [5.41, 5.74) is 1.46. The van der Waals surface area contributed by atoms with Crippen molar-refractivity contribution in [3.63, 3.8) is 0 Å². The standard InChI is InChI=1S/C21H24ClN5O4/c1-30-17-10-18(31-2)15(22)9-14(17)16-12-27-8-5-19(25-20(27)24-16)26-6-3-13(4-7-26)11-23-21(28)29/h5,8-10,12-13,23H,3-4,6-7,11H2,1-2H3,(H,28,29). The van der Waals surface area contributed by atoms with Crippen molar-refractivity contribution in [2.75, 3.05) is 38.8 Å². The number of imidazole rings is 1. The van der Waals surface area contributed by atoms with Gasteiger partial charge >= 0.3 is 6.09 Å². The van der Waals surface area contributed by atoms with Gasteiger partial charge in [-0.25, -0.2) is 9.78 Å². The molecule has 2 N–H and O–H groups in total. The lowest BCUT2D eigenvalue weighted by atomic mass is 9.97. The summed E-state index contributed by atoms with van der Waals surface area (Å²) in [5, 5.41) is 11.7. The second kappa shape index (κ2) is 8.89. The number of hydrogen-bond acceptors (Lipinski definition) is 6. The fourth-order valence-electron chi connectivity index (χ4n) is 3.83. The van der Waals surface area contributed by atoms with Gasteiger partial charge in [-0.1, -0.05) is 11.6 Å². The maximum atomic E-state index is 10.7. The Morgan fingerprint density at radius 2 is 1.97 bits per heavy atom. The number of piperidine rings is 1. The van der Waals surface area contributed by atoms with Gasteiger partial charge in [-0.3, -0.25) is 4.40 Å². The summed E-state index contributed by atoms with van der Waals surface area (Å²) in [6, 6.07) is 5.48. The minimum absolute atomic E-state index is 0.349. The molecule has 0 spiro atoms. The van der Waals surface area contributed by atoms with Gasteiger partial charge in [-0.2, -0.15) is 4.98 Å². The lowest BCUT2D eigenvalue weighted by Gasteiger charge is -2.32. The fourth-order valence-corrected chi connectivity index (χ4v) is 4.07. The summed E-state index contributed by atoms with van der Waals surface area (Å²) < 4.78 is 12.6. The number of amides is 1. The molecule has 0 saturated carbocycles. The lowest BCUT2D eigenvalue weighted by Crippen LogP contribution is -2.38. The van der Waals surface area contributed by atoms with Gasteiger partial charge < -0.3 is 24.8 Å². The van der Waals surface area contributed by atoms with Crippen molar-refractivity contribution in [3.8, 4) is 22.8 Å². The number of rotatable bonds is 6. The molecule has 0 radical (unpaired) electrons. The highest BCUT2D eigenvalue weighted by atomic mass is 35.5. The zero-order valence-corrected chi connectivity index (χ0v) is 18.1. The van der Waals surface area contributed by atoms with Gasteiger partial charge in [0.1, 0.15) is 17.3 Å². The summed E-state index contributed by atoms with van der Waals surface area (Å²) in [6.45, 7) is 2.14. The first kappa shape index (κ1) is 21.0. The molecule has 10 heteroatoms. The zero-order chi connectivity index (χ0) is 22.0. The highest BCUT2D eigenvalue weighted by Gasteiger charge is 2.21. The van der Waals surface area contributed by atoms with Gasteiger partial charge in [0.25, 0.3) is 0 Å². The molecule has 1 aliphatic rings. The van der Waals surface area contributed by atoms with Crippen LogP contribution in [0.2, 0.25) is 5.02 Å². The van der Waals surface area contributed by atoms with Crippen LogP contribution in [0, 0.1) is 5.92 Å². The third kappa shape index (κ3) is 4.46. The van der Waals surface area contributed by atoms with Gasteiger partial charge in [0, 0.05) is 43.7 Å². The third-order valence-electron chi connectivity index (χ3n) is 5.54. The summed E-state index contributed by atoms with van der Waals surface area (Å²) in [4.78, 5) is 22.3. The van der Waals surface area contributed by atoms with Crippen molar-refractivity contribution in [1.82, 2.24) is 19.7 Å². The van der Waals surface area contributed by atoms with Crippen LogP contribution in [-0.4, -0.2) is 59.4 Å². The van der Waals surface area contributed by atoms with E-state index in [1.54, 1.807) is 26.4 Å². The van der Waals surface area contributed by atoms with Crippen molar-refractivity contribution in [2.45, 2.75) is 12.8 Å². The summed E-state index contributed by atoms with van der Waals surface area (Å²) in [7, 11) is 3.15. The van der Waals surface area contributed by atoms with E-state index in [2.05, 4.69) is 15.2 Å². The van der Waals surface area contributed by atoms with E-state index in [1.807, 2.05) is 22.9 Å². The van der Waals surface area contributed by atoms with Crippen molar-refractivity contribution in [3.05, 3.63) is 35.6 Å². The molecule has 9 nitrogen and oxygen atoms in total. The number of aromatic nitrogens is 3. The predicted molar refractivity (Wildman–Crippen MR) is 118 cm³/mol. The van der Waals surface area contributed by atoms with E-state index >= 15 is 0 Å². The van der Waals surface area contributed by atoms with Gasteiger partial charge in [0.05, 0.1) is 24.9 Å². The fraction of sp³-hybridized carbons (Fsp3) is 0.381. The molecule has 1 fully saturated rings. The molecular weight excluding hydrogens is 422 g/mol. The molecule has 4 rings (SSSR count). The van der Waals surface area contributed by atoms with E-state index < -0.39 is 6.09 Å². The van der Waals surface area contributed by atoms with Gasteiger partial charge in [-0.15, -0.1) is 0 Å². The van der Waals surface area contributed by atoms with Crippen molar-refractivity contribution in [2.24, 2.45) is 5.92 Å². The zero-order valence-electron chi connectivity index (χ0n) is 17.3. The number of carboxylic acid groups (broad SMARTS) is 1. The highest BCUT2D eigenvalue weighted by molar-refractivity contribution is 6.32. The van der Waals surface area contributed by atoms with Crippen LogP contribution in [0.3, 0.4) is 0 Å². The number of anilines is 1. The van der Waals surface area contributed by atoms with Crippen LogP contribution in [0.1, 0.15) is 12.8 Å². The molecule has 1 saturated heterocycles. The monoisotopic (exact) mass is 445 g/mol. The number of nitrogens with zero attached hydrogens (tertiary/aromatic N) is 4. The number of nitrogens with one attached hydrogen (secondary N) is 1. The molecule has 31 heavy (non-hydrogen) atoms. The molecule has 0 atom stereocenters. The van der Waals surface area contributed by atoms with Crippen LogP contribution < -0.4 is 19.7 Å². The molecule has 164 valence electrons. The highest BCUT2D eigenvalue weighted by Crippen LogP contribution is 2.38. The van der Waals surface area contributed by atoms with Crippen LogP contribution in [-0.2, 0) is 0 Å². The second-order valence-electron chi connectivity index (χ2n) is 7.42. The first-order valence-electron chi connectivity index (χ1n) is 9.98. The van der Waals surface area contributed by atoms with E-state index in [-0.39, 0.29) is 0 Å². The maximum absolute atomic E-state index is 10.7. The number of hydrogen-bond donors (Lipinski definition) is 2. The van der Waals surface area contributed by atoms with E-state index in [0.717, 1.165) is 37.3 Å². The number of fused-ring (bicyclic) bond motifs is 1. The molecule has 0 unspecified atom stereocenters. The Morgan fingerprint density at radius 3 is 2.65 bits per heavy atom. The maximum Gasteiger partial charge on any atom is 0.404 e. The van der Waals surface area contributed by atoms with Crippen LogP contribution >= 0.6 is 11.6 Å². The summed E-state index contributed by atoms with van der Waals surface area (Å²) in [6.07, 6.45) is 4.67. The second-order valence-corrected chi connectivity index (χ2v) is 7.83. The largest absolute Gasteiger partial charge is 0.496 e. The number of ether oxygens (including phenoxy) is 2. The minimum Gasteiger partial charge on any atom is -0.496 e. The number of benzene rings is 1. The summed E-state index contributed by atoms with van der Waals surface area (Å²) >= 11 is 6.31. The Bertz CT molecular complexity index is 1090. The minimum atomic E-state index is -0.973. The molecule has 3 heterocycles. The molecule has 1 aliphatic heterocycles. The van der Waals surface area contributed by atoms with E-state index in [4.69, 9.17) is 31.2 Å². The number of halogens is 1. The molecule has 1 amide bonds. The van der Waals surface area contributed by atoms with Crippen LogP contribution in [0.4, 0.5) is 10.6 Å². The van der Waals surface area contributed by atoms with Crippen LogP contribution in [0.25, 0.3) is 17.0 Å². The normalized spacial score (nSPS) is 14.6. The Morgan fingerprint density at radius 1 is 1.23 bits per heavy atom. The molecular formula is C21H24ClN5O4. The Hall–Kier alpha value is -3.20. The molecule has 3 aromatic rings. The average molecular weight is 446 g/mol. The SMILES string of the molecule is COc1cc(OC)c(-c2cn3ccc(N4CCC(CNC(=O)O)CC4)nc3n2)cc1Cl. The molecule has 0 bridgehead atoms. The summed E-state index contributed by atoms with van der Waals surface area (Å²) in [5.74, 6) is 2.93. The smallest absolute Gasteiger partial charge is 0.404 e. The Balaban J connectivity index is 1.55. The average Bonchev–Trinajstić information content (AvgIpc) is 3.21. The lowest BCUT2D eigenvalue weighted by molar-refractivity contribution is 0.191. The first-order chi connectivity index (χ1) is 15.0.